The lowest BCUT2D eigenvalue weighted by atomic mass is 10.2. The van der Waals surface area contributed by atoms with Crippen molar-refractivity contribution < 1.29 is 13.2 Å². The molecular formula is C16H16Cl2N2O3S. The maximum atomic E-state index is 12.2. The second-order valence-electron chi connectivity index (χ2n) is 5.22. The first-order valence-electron chi connectivity index (χ1n) is 6.99. The van der Waals surface area contributed by atoms with Crippen molar-refractivity contribution in [2.24, 2.45) is 0 Å². The summed E-state index contributed by atoms with van der Waals surface area (Å²) >= 11 is 11.8. The summed E-state index contributed by atoms with van der Waals surface area (Å²) in [5.41, 5.74) is 1.20. The Balaban J connectivity index is 2.10. The van der Waals surface area contributed by atoms with Crippen molar-refractivity contribution in [2.75, 3.05) is 18.1 Å². The van der Waals surface area contributed by atoms with Crippen LogP contribution in [0.4, 0.5) is 5.69 Å². The Morgan fingerprint density at radius 2 is 1.67 bits per heavy atom. The maximum absolute atomic E-state index is 12.2. The molecule has 0 aliphatic carbocycles. The molecule has 24 heavy (non-hydrogen) atoms. The van der Waals surface area contributed by atoms with Gasteiger partial charge in [0.1, 0.15) is 0 Å². The third kappa shape index (κ3) is 5.79. The van der Waals surface area contributed by atoms with Crippen molar-refractivity contribution in [3.05, 3.63) is 64.1 Å². The van der Waals surface area contributed by atoms with Crippen LogP contribution >= 0.6 is 23.2 Å². The zero-order valence-electron chi connectivity index (χ0n) is 12.9. The van der Waals surface area contributed by atoms with Gasteiger partial charge in [0.15, 0.2) is 0 Å². The molecule has 0 unspecified atom stereocenters. The number of nitrogens with zero attached hydrogens (tertiary/aromatic N) is 1. The quantitative estimate of drug-likeness (QED) is 0.826. The highest BCUT2D eigenvalue weighted by molar-refractivity contribution is 7.88. The van der Waals surface area contributed by atoms with Gasteiger partial charge in [-0.05, 0) is 23.8 Å². The molecule has 0 fully saturated rings. The molecule has 0 atom stereocenters. The molecule has 5 nitrogen and oxygen atoms in total. The van der Waals surface area contributed by atoms with Gasteiger partial charge in [-0.1, -0.05) is 53.5 Å². The summed E-state index contributed by atoms with van der Waals surface area (Å²) in [5.74, 6) is -0.477. The van der Waals surface area contributed by atoms with Crippen LogP contribution in [0.2, 0.25) is 10.0 Å². The average Bonchev–Trinajstić information content (AvgIpc) is 2.45. The van der Waals surface area contributed by atoms with E-state index in [1.54, 1.807) is 12.1 Å². The summed E-state index contributed by atoms with van der Waals surface area (Å²) in [5, 5.41) is 3.35. The SMILES string of the molecule is CS(=O)(=O)N(CC(=O)Nc1cc(Cl)cc(Cl)c1)Cc1ccccc1. The van der Waals surface area contributed by atoms with E-state index in [2.05, 4.69) is 5.32 Å². The number of carbonyl (C=O) groups is 1. The molecule has 1 amide bonds. The third-order valence-corrected chi connectivity index (χ3v) is 4.77. The van der Waals surface area contributed by atoms with Gasteiger partial charge in [-0.2, -0.15) is 4.31 Å². The Bertz CT molecular complexity index is 806. The number of carbonyl (C=O) groups excluding carboxylic acids is 1. The predicted molar refractivity (Wildman–Crippen MR) is 96.8 cm³/mol. The summed E-state index contributed by atoms with van der Waals surface area (Å²) in [7, 11) is -3.55. The van der Waals surface area contributed by atoms with Crippen LogP contribution in [0.1, 0.15) is 5.56 Å². The van der Waals surface area contributed by atoms with Gasteiger partial charge < -0.3 is 5.32 Å². The van der Waals surface area contributed by atoms with Crippen LogP contribution in [0.15, 0.2) is 48.5 Å². The molecule has 2 rings (SSSR count). The Kier molecular flexibility index (Phi) is 6.23. The second kappa shape index (κ2) is 7.98. The molecule has 0 bridgehead atoms. The topological polar surface area (TPSA) is 66.5 Å². The monoisotopic (exact) mass is 386 g/mol. The summed E-state index contributed by atoms with van der Waals surface area (Å²) in [6, 6.07) is 13.7. The highest BCUT2D eigenvalue weighted by atomic mass is 35.5. The van der Waals surface area contributed by atoms with E-state index >= 15 is 0 Å². The van der Waals surface area contributed by atoms with Gasteiger partial charge in [-0.15, -0.1) is 0 Å². The summed E-state index contributed by atoms with van der Waals surface area (Å²) in [6.45, 7) is -0.193. The number of halogens is 2. The molecule has 0 heterocycles. The molecule has 0 saturated heterocycles. The van der Waals surface area contributed by atoms with Crippen molar-refractivity contribution in [3.8, 4) is 0 Å². The fraction of sp³-hybridized carbons (Fsp3) is 0.188. The lowest BCUT2D eigenvalue weighted by molar-refractivity contribution is -0.116. The van der Waals surface area contributed by atoms with Gasteiger partial charge in [-0.25, -0.2) is 8.42 Å². The van der Waals surface area contributed by atoms with Crippen molar-refractivity contribution in [3.63, 3.8) is 0 Å². The Morgan fingerprint density at radius 3 is 2.21 bits per heavy atom. The van der Waals surface area contributed by atoms with Crippen molar-refractivity contribution in [2.45, 2.75) is 6.54 Å². The Morgan fingerprint density at radius 1 is 1.08 bits per heavy atom. The highest BCUT2D eigenvalue weighted by Crippen LogP contribution is 2.22. The van der Waals surface area contributed by atoms with Crippen LogP contribution in [0, 0.1) is 0 Å². The molecule has 0 aromatic heterocycles. The number of hydrogen-bond acceptors (Lipinski definition) is 3. The van der Waals surface area contributed by atoms with Gasteiger partial charge in [0.05, 0.1) is 12.8 Å². The van der Waals surface area contributed by atoms with Crippen LogP contribution in [-0.4, -0.2) is 31.4 Å². The lowest BCUT2D eigenvalue weighted by Crippen LogP contribution is -2.36. The standard InChI is InChI=1S/C16H16Cl2N2O3S/c1-24(22,23)20(10-12-5-3-2-4-6-12)11-16(21)19-15-8-13(17)7-14(18)9-15/h2-9H,10-11H2,1H3,(H,19,21). The predicted octanol–water partition coefficient (Wildman–Crippen LogP) is 3.39. The van der Waals surface area contributed by atoms with Gasteiger partial charge >= 0.3 is 0 Å². The van der Waals surface area contributed by atoms with Gasteiger partial charge in [0.25, 0.3) is 0 Å². The largest absolute Gasteiger partial charge is 0.325 e. The van der Waals surface area contributed by atoms with E-state index in [0.717, 1.165) is 16.1 Å². The van der Waals surface area contributed by atoms with E-state index in [1.165, 1.54) is 18.2 Å². The smallest absolute Gasteiger partial charge is 0.239 e. The molecule has 0 radical (unpaired) electrons. The van der Waals surface area contributed by atoms with Crippen LogP contribution in [0.25, 0.3) is 0 Å². The summed E-state index contributed by atoms with van der Waals surface area (Å²) in [6.07, 6.45) is 1.07. The molecule has 0 aliphatic heterocycles. The van der Waals surface area contributed by atoms with Crippen LogP contribution in [0.5, 0.6) is 0 Å². The number of nitrogens with one attached hydrogen (secondary N) is 1. The second-order valence-corrected chi connectivity index (χ2v) is 8.08. The minimum Gasteiger partial charge on any atom is -0.325 e. The van der Waals surface area contributed by atoms with E-state index in [4.69, 9.17) is 23.2 Å². The van der Waals surface area contributed by atoms with Crippen molar-refractivity contribution >= 4 is 44.8 Å². The normalized spacial score (nSPS) is 11.5. The van der Waals surface area contributed by atoms with E-state index in [-0.39, 0.29) is 13.1 Å². The van der Waals surface area contributed by atoms with E-state index < -0.39 is 15.9 Å². The van der Waals surface area contributed by atoms with Gasteiger partial charge in [0.2, 0.25) is 15.9 Å². The van der Waals surface area contributed by atoms with Crippen LogP contribution in [0.3, 0.4) is 0 Å². The zero-order valence-corrected chi connectivity index (χ0v) is 15.2. The molecule has 8 heteroatoms. The van der Waals surface area contributed by atoms with Crippen LogP contribution < -0.4 is 5.32 Å². The van der Waals surface area contributed by atoms with Gasteiger partial charge in [0, 0.05) is 22.3 Å². The van der Waals surface area contributed by atoms with Crippen molar-refractivity contribution in [1.29, 1.82) is 0 Å². The van der Waals surface area contributed by atoms with Crippen LogP contribution in [-0.2, 0) is 21.4 Å². The van der Waals surface area contributed by atoms with E-state index in [0.29, 0.717) is 15.7 Å². The molecular weight excluding hydrogens is 371 g/mol. The van der Waals surface area contributed by atoms with E-state index in [9.17, 15) is 13.2 Å². The molecule has 0 aliphatic rings. The molecule has 2 aromatic carbocycles. The Hall–Kier alpha value is -1.60. The first-order valence-corrected chi connectivity index (χ1v) is 9.59. The maximum Gasteiger partial charge on any atom is 0.239 e. The minimum absolute atomic E-state index is 0.114. The lowest BCUT2D eigenvalue weighted by Gasteiger charge is -2.19. The number of benzene rings is 2. The molecule has 0 spiro atoms. The molecule has 1 N–H and O–H groups in total. The number of rotatable bonds is 6. The minimum atomic E-state index is -3.55. The summed E-state index contributed by atoms with van der Waals surface area (Å²) < 4.78 is 25.0. The number of sulfonamides is 1. The molecule has 2 aromatic rings. The summed E-state index contributed by atoms with van der Waals surface area (Å²) in [4.78, 5) is 12.2. The average molecular weight is 387 g/mol. The Labute approximate surface area is 151 Å². The third-order valence-electron chi connectivity index (χ3n) is 3.14. The fourth-order valence-electron chi connectivity index (χ4n) is 2.06. The number of anilines is 1. The van der Waals surface area contributed by atoms with E-state index in [1.807, 2.05) is 18.2 Å². The molecule has 128 valence electrons. The number of amides is 1. The first-order chi connectivity index (χ1) is 11.2. The number of hydrogen-bond donors (Lipinski definition) is 1. The fourth-order valence-corrected chi connectivity index (χ4v) is 3.33. The van der Waals surface area contributed by atoms with Crippen molar-refractivity contribution in [1.82, 2.24) is 4.31 Å². The first kappa shape index (κ1) is 18.7. The van der Waals surface area contributed by atoms with Gasteiger partial charge in [-0.3, -0.25) is 4.79 Å². The molecule has 0 saturated carbocycles. The zero-order chi connectivity index (χ0) is 17.7. The highest BCUT2D eigenvalue weighted by Gasteiger charge is 2.20.